The summed E-state index contributed by atoms with van der Waals surface area (Å²) in [7, 11) is 0. The van der Waals surface area contributed by atoms with E-state index < -0.39 is 0 Å². The van der Waals surface area contributed by atoms with E-state index >= 15 is 0 Å². The fourth-order valence-corrected chi connectivity index (χ4v) is 9.07. The maximum atomic E-state index is 6.84. The van der Waals surface area contributed by atoms with Gasteiger partial charge in [-0.2, -0.15) is 0 Å². The Bertz CT molecular complexity index is 3230. The second-order valence-corrected chi connectivity index (χ2v) is 15.0. The lowest BCUT2D eigenvalue weighted by atomic mass is 9.93. The molecule has 0 amide bonds. The summed E-state index contributed by atoms with van der Waals surface area (Å²) >= 11 is 1.84. The van der Waals surface area contributed by atoms with Gasteiger partial charge in [0.15, 0.2) is 17.5 Å². The first-order chi connectivity index (χ1) is 27.7. The van der Waals surface area contributed by atoms with Gasteiger partial charge < -0.3 is 4.42 Å². The highest BCUT2D eigenvalue weighted by atomic mass is 32.1. The molecule has 262 valence electrons. The Kier molecular flexibility index (Phi) is 7.64. The molecule has 0 saturated carbocycles. The SMILES string of the molecule is c1ccc(-c2ccc(-c3nc(-c4ccccc4)nc(-c4cccc5c4oc4cccc(-c6cc(-c7ccccc7)cc7c6sc6ccccc67)c45)n3)cc2)cc1. The van der Waals surface area contributed by atoms with Crippen molar-refractivity contribution in [2.24, 2.45) is 0 Å². The molecule has 0 saturated heterocycles. The summed E-state index contributed by atoms with van der Waals surface area (Å²) in [6, 6.07) is 65.6. The second-order valence-electron chi connectivity index (χ2n) is 13.9. The maximum absolute atomic E-state index is 6.84. The zero-order valence-electron chi connectivity index (χ0n) is 30.1. The third kappa shape index (κ3) is 5.48. The molecule has 3 heterocycles. The lowest BCUT2D eigenvalue weighted by Gasteiger charge is -2.10. The summed E-state index contributed by atoms with van der Waals surface area (Å²) in [5, 5.41) is 4.62. The number of thiophene rings is 1. The van der Waals surface area contributed by atoms with Gasteiger partial charge in [0.2, 0.25) is 0 Å². The molecule has 0 bridgehead atoms. The Balaban J connectivity index is 1.12. The lowest BCUT2D eigenvalue weighted by Crippen LogP contribution is -2.00. The topological polar surface area (TPSA) is 51.8 Å². The van der Waals surface area contributed by atoms with Crippen LogP contribution in [-0.4, -0.2) is 15.0 Å². The maximum Gasteiger partial charge on any atom is 0.167 e. The first-order valence-corrected chi connectivity index (χ1v) is 19.5. The van der Waals surface area contributed by atoms with Crippen LogP contribution in [0.15, 0.2) is 192 Å². The van der Waals surface area contributed by atoms with Crippen molar-refractivity contribution in [1.82, 2.24) is 15.0 Å². The van der Waals surface area contributed by atoms with Gasteiger partial charge in [0, 0.05) is 47.6 Å². The van der Waals surface area contributed by atoms with Crippen molar-refractivity contribution in [2.45, 2.75) is 0 Å². The van der Waals surface area contributed by atoms with Gasteiger partial charge in [0.1, 0.15) is 11.2 Å². The molecular weight excluding hydrogens is 703 g/mol. The number of fused-ring (bicyclic) bond motifs is 6. The minimum Gasteiger partial charge on any atom is -0.455 e. The van der Waals surface area contributed by atoms with Gasteiger partial charge in [-0.1, -0.05) is 158 Å². The number of hydrogen-bond donors (Lipinski definition) is 0. The number of furan rings is 1. The molecule has 11 aromatic rings. The third-order valence-corrected chi connectivity index (χ3v) is 11.8. The molecule has 0 aliphatic heterocycles. The average molecular weight is 734 g/mol. The smallest absolute Gasteiger partial charge is 0.167 e. The Morgan fingerprint density at radius 2 is 0.893 bits per heavy atom. The molecule has 3 aromatic heterocycles. The molecule has 5 heteroatoms. The van der Waals surface area contributed by atoms with Crippen LogP contribution in [0.1, 0.15) is 0 Å². The zero-order valence-corrected chi connectivity index (χ0v) is 30.9. The van der Waals surface area contributed by atoms with Gasteiger partial charge in [-0.25, -0.2) is 15.0 Å². The van der Waals surface area contributed by atoms with Crippen molar-refractivity contribution < 1.29 is 4.42 Å². The van der Waals surface area contributed by atoms with Gasteiger partial charge in [0.25, 0.3) is 0 Å². The predicted octanol–water partition coefficient (Wildman–Crippen LogP) is 14.1. The van der Waals surface area contributed by atoms with Crippen LogP contribution >= 0.6 is 11.3 Å². The van der Waals surface area contributed by atoms with Crippen LogP contribution in [0.3, 0.4) is 0 Å². The Morgan fingerprint density at radius 1 is 0.357 bits per heavy atom. The van der Waals surface area contributed by atoms with E-state index in [4.69, 9.17) is 19.4 Å². The molecule has 0 fully saturated rings. The molecule has 0 atom stereocenters. The van der Waals surface area contributed by atoms with Gasteiger partial charge in [0.05, 0.1) is 5.56 Å². The van der Waals surface area contributed by atoms with Crippen LogP contribution in [0.25, 0.3) is 110 Å². The van der Waals surface area contributed by atoms with Crippen LogP contribution in [-0.2, 0) is 0 Å². The van der Waals surface area contributed by atoms with Crippen molar-refractivity contribution in [3.8, 4) is 67.5 Å². The van der Waals surface area contributed by atoms with Crippen molar-refractivity contribution >= 4 is 53.4 Å². The van der Waals surface area contributed by atoms with E-state index in [1.807, 2.05) is 47.7 Å². The molecule has 56 heavy (non-hydrogen) atoms. The minimum atomic E-state index is 0.560. The van der Waals surface area contributed by atoms with E-state index in [2.05, 4.69) is 152 Å². The number of rotatable bonds is 6. The summed E-state index contributed by atoms with van der Waals surface area (Å²) in [6.07, 6.45) is 0. The van der Waals surface area contributed by atoms with Crippen molar-refractivity contribution in [3.05, 3.63) is 188 Å². The Hall–Kier alpha value is -7.21. The molecule has 0 radical (unpaired) electrons. The highest BCUT2D eigenvalue weighted by Gasteiger charge is 2.21. The largest absolute Gasteiger partial charge is 0.455 e. The summed E-state index contributed by atoms with van der Waals surface area (Å²) in [6.45, 7) is 0. The zero-order chi connectivity index (χ0) is 37.0. The van der Waals surface area contributed by atoms with Crippen LogP contribution in [0.4, 0.5) is 0 Å². The molecule has 0 spiro atoms. The normalized spacial score (nSPS) is 11.6. The summed E-state index contributed by atoms with van der Waals surface area (Å²) in [4.78, 5) is 15.2. The van der Waals surface area contributed by atoms with Crippen LogP contribution in [0, 0.1) is 0 Å². The Morgan fingerprint density at radius 3 is 1.62 bits per heavy atom. The quantitative estimate of drug-likeness (QED) is 0.171. The number of aromatic nitrogens is 3. The number of benzene rings is 8. The third-order valence-electron chi connectivity index (χ3n) is 10.6. The monoisotopic (exact) mass is 733 g/mol. The van der Waals surface area contributed by atoms with E-state index in [0.717, 1.165) is 55.3 Å². The number of hydrogen-bond acceptors (Lipinski definition) is 5. The standard InChI is InChI=1S/C51H31N3OS/c1-4-14-32(15-5-1)34-26-28-36(29-27-34)50-52-49(35-18-8-3-9-19-35)53-51(54-50)41-23-12-22-40-46-39(21-13-24-44(46)55-47(40)41)43-31-37(33-16-6-2-7-17-33)30-42-38-20-10-11-25-45(38)56-48(42)43/h1-31H. The van der Waals surface area contributed by atoms with Crippen molar-refractivity contribution in [3.63, 3.8) is 0 Å². The van der Waals surface area contributed by atoms with E-state index in [9.17, 15) is 0 Å². The van der Waals surface area contributed by atoms with E-state index in [1.165, 1.54) is 36.9 Å². The molecule has 0 aliphatic carbocycles. The number of para-hydroxylation sites is 1. The summed E-state index contributed by atoms with van der Waals surface area (Å²) in [5.74, 6) is 1.77. The second kappa shape index (κ2) is 13.3. The van der Waals surface area contributed by atoms with Crippen molar-refractivity contribution in [2.75, 3.05) is 0 Å². The van der Waals surface area contributed by atoms with Crippen LogP contribution in [0.2, 0.25) is 0 Å². The van der Waals surface area contributed by atoms with Gasteiger partial charge in [-0.3, -0.25) is 0 Å². The average Bonchev–Trinajstić information content (AvgIpc) is 3.86. The van der Waals surface area contributed by atoms with Crippen LogP contribution < -0.4 is 0 Å². The Labute approximate surface area is 327 Å². The fraction of sp³-hybridized carbons (Fsp3) is 0. The molecule has 11 rings (SSSR count). The summed E-state index contributed by atoms with van der Waals surface area (Å²) in [5.41, 5.74) is 11.2. The molecule has 4 nitrogen and oxygen atoms in total. The first-order valence-electron chi connectivity index (χ1n) is 18.7. The van der Waals surface area contributed by atoms with Gasteiger partial charge in [-0.05, 0) is 58.1 Å². The molecule has 8 aromatic carbocycles. The lowest BCUT2D eigenvalue weighted by molar-refractivity contribution is 0.669. The van der Waals surface area contributed by atoms with E-state index in [-0.39, 0.29) is 0 Å². The van der Waals surface area contributed by atoms with E-state index in [0.29, 0.717) is 17.5 Å². The summed E-state index contributed by atoms with van der Waals surface area (Å²) < 4.78 is 9.38. The predicted molar refractivity (Wildman–Crippen MR) is 233 cm³/mol. The molecule has 0 aliphatic rings. The van der Waals surface area contributed by atoms with Crippen molar-refractivity contribution in [1.29, 1.82) is 0 Å². The minimum absolute atomic E-state index is 0.560. The fourth-order valence-electron chi connectivity index (χ4n) is 7.86. The number of nitrogens with zero attached hydrogens (tertiary/aromatic N) is 3. The van der Waals surface area contributed by atoms with Gasteiger partial charge in [-0.15, -0.1) is 11.3 Å². The van der Waals surface area contributed by atoms with E-state index in [1.54, 1.807) is 0 Å². The van der Waals surface area contributed by atoms with Crippen LogP contribution in [0.5, 0.6) is 0 Å². The highest BCUT2D eigenvalue weighted by Crippen LogP contribution is 2.47. The van der Waals surface area contributed by atoms with Gasteiger partial charge >= 0.3 is 0 Å². The molecular formula is C51H31N3OS. The first kappa shape index (κ1) is 32.2. The molecule has 0 unspecified atom stereocenters. The molecule has 0 N–H and O–H groups in total. The highest BCUT2D eigenvalue weighted by molar-refractivity contribution is 7.26.